The predicted molar refractivity (Wildman–Crippen MR) is 93.6 cm³/mol. The first-order valence-electron chi connectivity index (χ1n) is 8.20. The van der Waals surface area contributed by atoms with E-state index in [4.69, 9.17) is 21.9 Å². The summed E-state index contributed by atoms with van der Waals surface area (Å²) in [5.74, 6) is 0.880. The fourth-order valence-electron chi connectivity index (χ4n) is 2.29. The second kappa shape index (κ2) is 9.39. The Balaban J connectivity index is 1.84. The van der Waals surface area contributed by atoms with Crippen molar-refractivity contribution in [2.24, 2.45) is 5.73 Å². The maximum atomic E-state index is 12.0. The molecule has 0 saturated heterocycles. The zero-order chi connectivity index (χ0) is 17.4. The number of aromatic nitrogens is 2. The average molecular weight is 351 g/mol. The molecule has 24 heavy (non-hydrogen) atoms. The van der Waals surface area contributed by atoms with Crippen LogP contribution in [-0.2, 0) is 11.2 Å². The van der Waals surface area contributed by atoms with E-state index in [9.17, 15) is 4.79 Å². The van der Waals surface area contributed by atoms with Crippen LogP contribution in [0, 0.1) is 0 Å². The van der Waals surface area contributed by atoms with E-state index in [2.05, 4.69) is 22.4 Å². The maximum Gasteiger partial charge on any atom is 0.227 e. The molecule has 3 N–H and O–H groups in total. The van der Waals surface area contributed by atoms with Gasteiger partial charge in [0.2, 0.25) is 17.6 Å². The van der Waals surface area contributed by atoms with E-state index in [1.54, 1.807) is 12.1 Å². The Morgan fingerprint density at radius 2 is 2.12 bits per heavy atom. The van der Waals surface area contributed by atoms with Gasteiger partial charge in [-0.1, -0.05) is 36.5 Å². The van der Waals surface area contributed by atoms with Crippen LogP contribution in [-0.4, -0.2) is 28.6 Å². The molecular formula is C17H23ClN4O2. The molecule has 0 fully saturated rings. The number of nitrogens with two attached hydrogens (primary N) is 1. The molecule has 0 radical (unpaired) electrons. The van der Waals surface area contributed by atoms with Crippen molar-refractivity contribution in [3.05, 3.63) is 35.2 Å². The van der Waals surface area contributed by atoms with Crippen molar-refractivity contribution in [1.29, 1.82) is 0 Å². The van der Waals surface area contributed by atoms with Crippen LogP contribution in [0.15, 0.2) is 28.8 Å². The van der Waals surface area contributed by atoms with Crippen LogP contribution in [0.3, 0.4) is 0 Å². The van der Waals surface area contributed by atoms with Crippen LogP contribution in [0.1, 0.15) is 38.5 Å². The smallest absolute Gasteiger partial charge is 0.227 e. The minimum Gasteiger partial charge on any atom is -0.352 e. The normalized spacial score (nSPS) is 12.1. The van der Waals surface area contributed by atoms with Crippen LogP contribution >= 0.6 is 11.6 Å². The fraction of sp³-hybridized carbons (Fsp3) is 0.471. The second-order valence-electron chi connectivity index (χ2n) is 5.66. The monoisotopic (exact) mass is 350 g/mol. The summed E-state index contributed by atoms with van der Waals surface area (Å²) in [6, 6.07) is 7.21. The number of unbranched alkanes of at least 4 members (excludes halogenated alkanes) is 1. The van der Waals surface area contributed by atoms with Gasteiger partial charge < -0.3 is 15.6 Å². The molecule has 1 unspecified atom stereocenters. The summed E-state index contributed by atoms with van der Waals surface area (Å²) in [5.41, 5.74) is 6.50. The zero-order valence-corrected chi connectivity index (χ0v) is 14.6. The molecule has 0 aliphatic rings. The number of carbonyl (C=O) groups excluding carboxylic acids is 1. The molecule has 2 rings (SSSR count). The molecule has 1 aromatic heterocycles. The number of halogens is 1. The summed E-state index contributed by atoms with van der Waals surface area (Å²) in [6.07, 6.45) is 3.74. The molecule has 1 aromatic carbocycles. The van der Waals surface area contributed by atoms with E-state index in [-0.39, 0.29) is 11.9 Å². The standard InChI is InChI=1S/C17H23ClN4O2/c1-2-3-4-14(11-19)20-15(23)9-10-16-21-17(22-24-16)12-5-7-13(18)8-6-12/h5-8,14H,2-4,9-11,19H2,1H3,(H,20,23). The lowest BCUT2D eigenvalue weighted by atomic mass is 10.1. The summed E-state index contributed by atoms with van der Waals surface area (Å²) in [5, 5.41) is 7.53. The Labute approximate surface area is 146 Å². The third-order valence-corrected chi connectivity index (χ3v) is 3.94. The highest BCUT2D eigenvalue weighted by atomic mass is 35.5. The van der Waals surface area contributed by atoms with E-state index < -0.39 is 0 Å². The quantitative estimate of drug-likeness (QED) is 0.725. The number of benzene rings is 1. The Bertz CT molecular complexity index is 642. The molecule has 1 atom stereocenters. The molecular weight excluding hydrogens is 328 g/mol. The first-order valence-corrected chi connectivity index (χ1v) is 8.58. The third kappa shape index (κ3) is 5.62. The van der Waals surface area contributed by atoms with Gasteiger partial charge in [-0.15, -0.1) is 0 Å². The van der Waals surface area contributed by atoms with Gasteiger partial charge in [0.1, 0.15) is 0 Å². The Kier molecular flexibility index (Phi) is 7.21. The van der Waals surface area contributed by atoms with Crippen LogP contribution < -0.4 is 11.1 Å². The Morgan fingerprint density at radius 1 is 1.38 bits per heavy atom. The molecule has 0 aliphatic carbocycles. The number of nitrogens with zero attached hydrogens (tertiary/aromatic N) is 2. The van der Waals surface area contributed by atoms with E-state index >= 15 is 0 Å². The number of carbonyl (C=O) groups is 1. The number of aryl methyl sites for hydroxylation is 1. The molecule has 7 heteroatoms. The second-order valence-corrected chi connectivity index (χ2v) is 6.10. The summed E-state index contributed by atoms with van der Waals surface area (Å²) < 4.78 is 5.20. The topological polar surface area (TPSA) is 94.0 Å². The van der Waals surface area contributed by atoms with Crippen molar-refractivity contribution in [2.75, 3.05) is 6.54 Å². The first kappa shape index (κ1) is 18.4. The molecule has 130 valence electrons. The van der Waals surface area contributed by atoms with Crippen molar-refractivity contribution in [1.82, 2.24) is 15.5 Å². The first-order chi connectivity index (χ1) is 11.6. The number of hydrogen-bond donors (Lipinski definition) is 2. The molecule has 0 saturated carbocycles. The summed E-state index contributed by atoms with van der Waals surface area (Å²) in [4.78, 5) is 16.3. The van der Waals surface area contributed by atoms with Crippen LogP contribution in [0.4, 0.5) is 0 Å². The van der Waals surface area contributed by atoms with Gasteiger partial charge >= 0.3 is 0 Å². The Hall–Kier alpha value is -1.92. The van der Waals surface area contributed by atoms with Crippen LogP contribution in [0.2, 0.25) is 5.02 Å². The molecule has 6 nitrogen and oxygen atoms in total. The highest BCUT2D eigenvalue weighted by Crippen LogP contribution is 2.19. The van der Waals surface area contributed by atoms with Crippen molar-refractivity contribution in [3.63, 3.8) is 0 Å². The summed E-state index contributed by atoms with van der Waals surface area (Å²) in [6.45, 7) is 2.57. The lowest BCUT2D eigenvalue weighted by Crippen LogP contribution is -2.40. The van der Waals surface area contributed by atoms with Gasteiger partial charge in [-0.05, 0) is 30.7 Å². The lowest BCUT2D eigenvalue weighted by molar-refractivity contribution is -0.121. The van der Waals surface area contributed by atoms with Crippen LogP contribution in [0.25, 0.3) is 11.4 Å². The molecule has 0 aliphatic heterocycles. The third-order valence-electron chi connectivity index (χ3n) is 3.69. The van der Waals surface area contributed by atoms with Gasteiger partial charge in [0.05, 0.1) is 0 Å². The average Bonchev–Trinajstić information content (AvgIpc) is 3.06. The van der Waals surface area contributed by atoms with Crippen molar-refractivity contribution < 1.29 is 9.32 Å². The summed E-state index contributed by atoms with van der Waals surface area (Å²) >= 11 is 5.86. The molecule has 1 amide bonds. The summed E-state index contributed by atoms with van der Waals surface area (Å²) in [7, 11) is 0. The SMILES string of the molecule is CCCCC(CN)NC(=O)CCc1nc(-c2ccc(Cl)cc2)no1. The predicted octanol–water partition coefficient (Wildman–Crippen LogP) is 2.96. The zero-order valence-electron chi connectivity index (χ0n) is 13.8. The molecule has 1 heterocycles. The fourth-order valence-corrected chi connectivity index (χ4v) is 2.42. The minimum absolute atomic E-state index is 0.0322. The molecule has 0 bridgehead atoms. The van der Waals surface area contributed by atoms with Crippen molar-refractivity contribution in [2.45, 2.75) is 45.1 Å². The van der Waals surface area contributed by atoms with Gasteiger partial charge in [0.15, 0.2) is 0 Å². The largest absolute Gasteiger partial charge is 0.352 e. The van der Waals surface area contributed by atoms with Gasteiger partial charge in [0.25, 0.3) is 0 Å². The number of hydrogen-bond acceptors (Lipinski definition) is 5. The van der Waals surface area contributed by atoms with E-state index in [0.29, 0.717) is 36.1 Å². The number of rotatable bonds is 9. The van der Waals surface area contributed by atoms with Gasteiger partial charge in [0, 0.05) is 36.0 Å². The van der Waals surface area contributed by atoms with Gasteiger partial charge in [-0.2, -0.15) is 4.98 Å². The lowest BCUT2D eigenvalue weighted by Gasteiger charge is -2.15. The van der Waals surface area contributed by atoms with Gasteiger partial charge in [-0.25, -0.2) is 0 Å². The maximum absolute atomic E-state index is 12.0. The van der Waals surface area contributed by atoms with Crippen molar-refractivity contribution >= 4 is 17.5 Å². The number of nitrogens with one attached hydrogen (secondary N) is 1. The Morgan fingerprint density at radius 3 is 2.79 bits per heavy atom. The van der Waals surface area contributed by atoms with E-state index in [0.717, 1.165) is 24.8 Å². The molecule has 0 spiro atoms. The van der Waals surface area contributed by atoms with Gasteiger partial charge in [-0.3, -0.25) is 4.79 Å². The van der Waals surface area contributed by atoms with Crippen molar-refractivity contribution in [3.8, 4) is 11.4 Å². The highest BCUT2D eigenvalue weighted by molar-refractivity contribution is 6.30. The highest BCUT2D eigenvalue weighted by Gasteiger charge is 2.13. The van der Waals surface area contributed by atoms with E-state index in [1.807, 2.05) is 12.1 Å². The number of amides is 1. The molecule has 2 aromatic rings. The van der Waals surface area contributed by atoms with Crippen LogP contribution in [0.5, 0.6) is 0 Å². The minimum atomic E-state index is -0.0483. The van der Waals surface area contributed by atoms with E-state index in [1.165, 1.54) is 0 Å².